The Morgan fingerprint density at radius 2 is 2.03 bits per heavy atom. The van der Waals surface area contributed by atoms with Crippen molar-refractivity contribution in [1.82, 2.24) is 15.0 Å². The Morgan fingerprint density at radius 3 is 2.68 bits per heavy atom. The van der Waals surface area contributed by atoms with Crippen molar-refractivity contribution in [2.24, 2.45) is 11.8 Å². The predicted molar refractivity (Wildman–Crippen MR) is 121 cm³/mol. The average molecular weight is 497 g/mol. The molecule has 2 atom stereocenters. The molecule has 2 heterocycles. The Balaban J connectivity index is 1.53. The van der Waals surface area contributed by atoms with Crippen LogP contribution in [0.25, 0.3) is 5.57 Å². The second kappa shape index (κ2) is 9.61. The second-order valence-corrected chi connectivity index (χ2v) is 10.4. The zero-order valence-corrected chi connectivity index (χ0v) is 19.5. The number of nitrogens with zero attached hydrogens (tertiary/aromatic N) is 3. The van der Waals surface area contributed by atoms with Crippen LogP contribution in [0.3, 0.4) is 0 Å². The molecule has 34 heavy (non-hydrogen) atoms. The maximum absolute atomic E-state index is 13.0. The number of carbonyl (C=O) groups is 1. The zero-order chi connectivity index (χ0) is 24.5. The number of aromatic nitrogens is 3. The molecule has 0 radical (unpaired) electrons. The number of aliphatic hydroxyl groups excluding tert-OH is 1. The van der Waals surface area contributed by atoms with Gasteiger partial charge in [-0.15, -0.1) is 11.3 Å². The van der Waals surface area contributed by atoms with E-state index in [-0.39, 0.29) is 30.4 Å². The van der Waals surface area contributed by atoms with Crippen molar-refractivity contribution in [3.8, 4) is 0 Å². The van der Waals surface area contributed by atoms with Crippen LogP contribution in [-0.2, 0) is 16.4 Å². The van der Waals surface area contributed by atoms with E-state index in [4.69, 9.17) is 0 Å². The fourth-order valence-electron chi connectivity index (χ4n) is 4.83. The number of hydrogen-bond acceptors (Lipinski definition) is 7. The maximum atomic E-state index is 13.0. The molecule has 11 heteroatoms. The highest BCUT2D eigenvalue weighted by Crippen LogP contribution is 2.44. The summed E-state index contributed by atoms with van der Waals surface area (Å²) in [5.74, 6) is -0.961. The Kier molecular flexibility index (Phi) is 6.95. The number of carboxylic acids is 1. The molecular formula is C23H27F3N4O3S. The van der Waals surface area contributed by atoms with E-state index >= 15 is 0 Å². The summed E-state index contributed by atoms with van der Waals surface area (Å²) in [5, 5.41) is 23.3. The molecular weight excluding hydrogens is 469 g/mol. The molecule has 2 aliphatic rings. The first-order valence-corrected chi connectivity index (χ1v) is 12.1. The van der Waals surface area contributed by atoms with Gasteiger partial charge in [0.1, 0.15) is 10.7 Å². The summed E-state index contributed by atoms with van der Waals surface area (Å²) in [4.78, 5) is 24.4. The van der Waals surface area contributed by atoms with Crippen molar-refractivity contribution in [2.75, 3.05) is 11.9 Å². The van der Waals surface area contributed by atoms with Gasteiger partial charge in [0.2, 0.25) is 5.95 Å². The lowest BCUT2D eigenvalue weighted by Crippen LogP contribution is -2.37. The summed E-state index contributed by atoms with van der Waals surface area (Å²) in [6, 6.07) is 0.612. The maximum Gasteiger partial charge on any atom is 0.433 e. The fourth-order valence-corrected chi connectivity index (χ4v) is 6.02. The molecule has 7 nitrogen and oxygen atoms in total. The molecule has 0 aliphatic heterocycles. The van der Waals surface area contributed by atoms with E-state index in [9.17, 15) is 28.2 Å². The third-order valence-corrected chi connectivity index (χ3v) is 8.08. The van der Waals surface area contributed by atoms with Crippen molar-refractivity contribution in [3.05, 3.63) is 40.1 Å². The van der Waals surface area contributed by atoms with E-state index in [1.807, 2.05) is 6.08 Å². The molecule has 0 bridgehead atoms. The highest BCUT2D eigenvalue weighted by molar-refractivity contribution is 7.12. The van der Waals surface area contributed by atoms with Gasteiger partial charge in [-0.1, -0.05) is 13.0 Å². The lowest BCUT2D eigenvalue weighted by molar-refractivity contribution is -0.143. The molecule has 0 amide bonds. The molecule has 2 aliphatic carbocycles. The van der Waals surface area contributed by atoms with E-state index < -0.39 is 23.3 Å². The topological polar surface area (TPSA) is 108 Å². The molecule has 1 saturated carbocycles. The van der Waals surface area contributed by atoms with Crippen LogP contribution < -0.4 is 5.32 Å². The van der Waals surface area contributed by atoms with Crippen LogP contribution in [0.5, 0.6) is 0 Å². The fraction of sp³-hybridized carbons (Fsp3) is 0.565. The quantitative estimate of drug-likeness (QED) is 0.530. The summed E-state index contributed by atoms with van der Waals surface area (Å²) < 4.78 is 39.0. The number of nitrogens with one attached hydrogen (secondary N) is 1. The molecule has 0 aromatic carbocycles. The number of anilines is 1. The predicted octanol–water partition coefficient (Wildman–Crippen LogP) is 4.75. The lowest BCUT2D eigenvalue weighted by Gasteiger charge is -2.36. The Morgan fingerprint density at radius 1 is 1.29 bits per heavy atom. The average Bonchev–Trinajstić information content (AvgIpc) is 3.29. The SMILES string of the molecule is CC1CC(c2cnc(C3(CO)CCC(C(=O)O)CC3)s2)=CC(Nc2nccc(C(F)(F)F)n2)C1. The number of carboxylic acid groups (broad SMARTS) is 1. The van der Waals surface area contributed by atoms with Crippen molar-refractivity contribution < 1.29 is 28.2 Å². The number of rotatable bonds is 6. The van der Waals surface area contributed by atoms with Crippen LogP contribution in [0, 0.1) is 11.8 Å². The lowest BCUT2D eigenvalue weighted by atomic mass is 9.71. The Hall–Kier alpha value is -2.53. The van der Waals surface area contributed by atoms with Crippen LogP contribution in [0.4, 0.5) is 19.1 Å². The van der Waals surface area contributed by atoms with Crippen LogP contribution >= 0.6 is 11.3 Å². The number of hydrogen-bond donors (Lipinski definition) is 3. The van der Waals surface area contributed by atoms with E-state index in [0.717, 1.165) is 40.6 Å². The zero-order valence-electron chi connectivity index (χ0n) is 18.7. The summed E-state index contributed by atoms with van der Waals surface area (Å²) >= 11 is 1.50. The van der Waals surface area contributed by atoms with Gasteiger partial charge < -0.3 is 15.5 Å². The number of allylic oxidation sites excluding steroid dienone is 1. The van der Waals surface area contributed by atoms with Crippen LogP contribution in [0.2, 0.25) is 0 Å². The minimum Gasteiger partial charge on any atom is -0.481 e. The normalized spacial score (nSPS) is 27.8. The Labute approximate surface area is 199 Å². The first kappa shape index (κ1) is 24.6. The van der Waals surface area contributed by atoms with Crippen LogP contribution in [0.15, 0.2) is 24.5 Å². The van der Waals surface area contributed by atoms with Crippen molar-refractivity contribution in [2.45, 2.75) is 63.1 Å². The highest BCUT2D eigenvalue weighted by atomic mass is 32.1. The highest BCUT2D eigenvalue weighted by Gasteiger charge is 2.41. The molecule has 2 aromatic heterocycles. The van der Waals surface area contributed by atoms with Gasteiger partial charge in [0.05, 0.1) is 17.4 Å². The minimum atomic E-state index is -4.54. The monoisotopic (exact) mass is 496 g/mol. The summed E-state index contributed by atoms with van der Waals surface area (Å²) in [6.45, 7) is 2.00. The van der Waals surface area contributed by atoms with E-state index in [1.54, 1.807) is 6.20 Å². The minimum absolute atomic E-state index is 0.0658. The van der Waals surface area contributed by atoms with E-state index in [0.29, 0.717) is 25.7 Å². The molecule has 2 unspecified atom stereocenters. The molecule has 0 spiro atoms. The second-order valence-electron chi connectivity index (χ2n) is 9.33. The molecule has 2 aromatic rings. The van der Waals surface area contributed by atoms with Gasteiger partial charge in [0, 0.05) is 23.9 Å². The van der Waals surface area contributed by atoms with Crippen molar-refractivity contribution in [1.29, 1.82) is 0 Å². The summed E-state index contributed by atoms with van der Waals surface area (Å²) in [6.07, 6.45) is 4.02. The molecule has 3 N–H and O–H groups in total. The first-order chi connectivity index (χ1) is 16.1. The third-order valence-electron chi connectivity index (χ3n) is 6.76. The number of halogens is 3. The molecule has 0 saturated heterocycles. The van der Waals surface area contributed by atoms with Gasteiger partial charge in [-0.25, -0.2) is 15.0 Å². The number of thiazole rings is 1. The van der Waals surface area contributed by atoms with Crippen molar-refractivity contribution >= 4 is 28.8 Å². The largest absolute Gasteiger partial charge is 0.481 e. The van der Waals surface area contributed by atoms with Gasteiger partial charge >= 0.3 is 12.1 Å². The molecule has 184 valence electrons. The first-order valence-electron chi connectivity index (χ1n) is 11.3. The van der Waals surface area contributed by atoms with Crippen LogP contribution in [-0.4, -0.2) is 43.8 Å². The van der Waals surface area contributed by atoms with Gasteiger partial charge in [-0.2, -0.15) is 13.2 Å². The Bertz CT molecular complexity index is 1060. The standard InChI is InChI=1S/C23H27F3N4O3S/c1-13-8-15(10-16(9-13)29-21-27-7-4-18(30-21)23(24,25)26)17-11-28-20(34-17)22(12-31)5-2-14(3-6-22)19(32)33/h4,7,10-11,13-14,16,31H,2-3,5-6,8-9,12H2,1H3,(H,32,33)(H,27,29,30). The van der Waals surface area contributed by atoms with Gasteiger partial charge in [0.25, 0.3) is 0 Å². The summed E-state index contributed by atoms with van der Waals surface area (Å²) in [5.41, 5.74) is -0.476. The van der Waals surface area contributed by atoms with Gasteiger partial charge in [-0.05, 0) is 56.1 Å². The molecule has 4 rings (SSSR count). The summed E-state index contributed by atoms with van der Waals surface area (Å²) in [7, 11) is 0. The number of aliphatic hydroxyl groups is 1. The van der Waals surface area contributed by atoms with E-state index in [1.165, 1.54) is 11.3 Å². The third kappa shape index (κ3) is 5.25. The van der Waals surface area contributed by atoms with Crippen LogP contribution in [0.1, 0.15) is 61.0 Å². The number of aliphatic carboxylic acids is 1. The van der Waals surface area contributed by atoms with Crippen molar-refractivity contribution in [3.63, 3.8) is 0 Å². The van der Waals surface area contributed by atoms with Gasteiger partial charge in [-0.3, -0.25) is 4.79 Å². The van der Waals surface area contributed by atoms with Gasteiger partial charge in [0.15, 0.2) is 0 Å². The number of alkyl halides is 3. The van der Waals surface area contributed by atoms with E-state index in [2.05, 4.69) is 27.2 Å². The molecule has 1 fully saturated rings. The smallest absolute Gasteiger partial charge is 0.433 e.